The van der Waals surface area contributed by atoms with Crippen LogP contribution in [0.25, 0.3) is 22.8 Å². The predicted octanol–water partition coefficient (Wildman–Crippen LogP) is 1.47. The van der Waals surface area contributed by atoms with E-state index in [-0.39, 0.29) is 23.8 Å². The van der Waals surface area contributed by atoms with E-state index in [1.807, 2.05) is 48.5 Å². The smallest absolute Gasteiger partial charge is 0.225 e. The lowest BCUT2D eigenvalue weighted by molar-refractivity contribution is 1.09. The minimum atomic E-state index is 0.0746. The third kappa shape index (κ3) is 4.25. The molecule has 0 unspecified atom stereocenters. The van der Waals surface area contributed by atoms with E-state index in [0.29, 0.717) is 11.6 Å². The second-order valence-corrected chi connectivity index (χ2v) is 6.18. The van der Waals surface area contributed by atoms with E-state index in [4.69, 9.17) is 22.9 Å². The number of hydrogen-bond acceptors (Lipinski definition) is 11. The lowest BCUT2D eigenvalue weighted by atomic mass is 10.1. The van der Waals surface area contributed by atoms with Gasteiger partial charge in [0.05, 0.1) is 5.69 Å². The number of aliphatic imine (C=N–C) groups is 1. The third-order valence-corrected chi connectivity index (χ3v) is 4.00. The molecule has 0 fully saturated rings. The molecule has 0 spiro atoms. The van der Waals surface area contributed by atoms with E-state index in [0.717, 1.165) is 22.4 Å². The van der Waals surface area contributed by atoms with Gasteiger partial charge in [-0.25, -0.2) is 0 Å². The fourth-order valence-corrected chi connectivity index (χ4v) is 2.64. The fourth-order valence-electron chi connectivity index (χ4n) is 2.64. The van der Waals surface area contributed by atoms with Crippen molar-refractivity contribution >= 4 is 35.7 Å². The zero-order chi connectivity index (χ0) is 21.1. The monoisotopic (exact) mass is 399 g/mol. The maximum absolute atomic E-state index is 5.61. The highest BCUT2D eigenvalue weighted by molar-refractivity contribution is 5.83. The van der Waals surface area contributed by atoms with Gasteiger partial charge in [0.1, 0.15) is 0 Å². The molecule has 11 nitrogen and oxygen atoms in total. The topological polar surface area (TPSA) is 194 Å². The second kappa shape index (κ2) is 7.75. The van der Waals surface area contributed by atoms with E-state index in [9.17, 15) is 0 Å². The first-order valence-electron chi connectivity index (χ1n) is 8.75. The molecule has 0 amide bonds. The molecule has 0 aliphatic carbocycles. The van der Waals surface area contributed by atoms with Crippen molar-refractivity contribution in [2.45, 2.75) is 0 Å². The van der Waals surface area contributed by atoms with Crippen LogP contribution >= 0.6 is 0 Å². The molecular weight excluding hydrogens is 382 g/mol. The van der Waals surface area contributed by atoms with Crippen LogP contribution in [0.4, 0.5) is 29.5 Å². The van der Waals surface area contributed by atoms with E-state index >= 15 is 0 Å². The second-order valence-electron chi connectivity index (χ2n) is 6.18. The molecular formula is C19H17N11. The number of benzene rings is 2. The summed E-state index contributed by atoms with van der Waals surface area (Å²) in [5.74, 6) is 1.13. The van der Waals surface area contributed by atoms with Crippen molar-refractivity contribution in [3.8, 4) is 22.8 Å². The summed E-state index contributed by atoms with van der Waals surface area (Å²) in [6.45, 7) is 0. The van der Waals surface area contributed by atoms with Crippen molar-refractivity contribution in [1.82, 2.24) is 29.9 Å². The quantitative estimate of drug-likeness (QED) is 0.365. The summed E-state index contributed by atoms with van der Waals surface area (Å²) in [6.07, 6.45) is 1.74. The Kier molecular flexibility index (Phi) is 4.83. The number of nitrogens with zero attached hydrogens (tertiary/aromatic N) is 7. The Bertz CT molecular complexity index is 1080. The van der Waals surface area contributed by atoms with Gasteiger partial charge in [0.2, 0.25) is 23.8 Å². The summed E-state index contributed by atoms with van der Waals surface area (Å²) in [5.41, 5.74) is 25.6. The Labute approximate surface area is 171 Å². The molecule has 4 rings (SSSR count). The molecule has 2 aromatic heterocycles. The highest BCUT2D eigenvalue weighted by Gasteiger charge is 2.06. The molecule has 148 valence electrons. The molecule has 11 heteroatoms. The Morgan fingerprint density at radius 2 is 0.933 bits per heavy atom. The average molecular weight is 399 g/mol. The summed E-state index contributed by atoms with van der Waals surface area (Å²) in [4.78, 5) is 28.3. The molecule has 0 radical (unpaired) electrons. The normalized spacial score (nSPS) is 11.1. The first kappa shape index (κ1) is 18.7. The van der Waals surface area contributed by atoms with Crippen LogP contribution in [-0.2, 0) is 0 Å². The molecule has 8 N–H and O–H groups in total. The molecule has 0 aliphatic rings. The van der Waals surface area contributed by atoms with Crippen molar-refractivity contribution in [3.63, 3.8) is 0 Å². The van der Waals surface area contributed by atoms with Crippen LogP contribution < -0.4 is 22.9 Å². The highest BCUT2D eigenvalue weighted by atomic mass is 15.1. The van der Waals surface area contributed by atoms with Crippen LogP contribution in [0.2, 0.25) is 0 Å². The number of aromatic nitrogens is 6. The lowest BCUT2D eigenvalue weighted by Crippen LogP contribution is -2.04. The van der Waals surface area contributed by atoms with Gasteiger partial charge in [0.25, 0.3) is 0 Å². The Balaban J connectivity index is 1.49. The van der Waals surface area contributed by atoms with E-state index in [2.05, 4.69) is 34.9 Å². The van der Waals surface area contributed by atoms with Crippen LogP contribution in [0.15, 0.2) is 53.5 Å². The Morgan fingerprint density at radius 1 is 0.533 bits per heavy atom. The number of nitrogens with two attached hydrogens (primary N) is 4. The maximum Gasteiger partial charge on any atom is 0.225 e. The van der Waals surface area contributed by atoms with Crippen LogP contribution in [0.1, 0.15) is 5.56 Å². The molecule has 2 heterocycles. The third-order valence-electron chi connectivity index (χ3n) is 4.00. The lowest BCUT2D eigenvalue weighted by Gasteiger charge is -2.03. The van der Waals surface area contributed by atoms with E-state index < -0.39 is 0 Å². The van der Waals surface area contributed by atoms with Gasteiger partial charge in [-0.1, -0.05) is 24.3 Å². The van der Waals surface area contributed by atoms with Crippen molar-refractivity contribution < 1.29 is 0 Å². The summed E-state index contributed by atoms with van der Waals surface area (Å²) in [5, 5.41) is 0. The number of hydrogen-bond donors (Lipinski definition) is 4. The van der Waals surface area contributed by atoms with Gasteiger partial charge in [-0.15, -0.1) is 0 Å². The minimum absolute atomic E-state index is 0.0746. The van der Waals surface area contributed by atoms with Crippen molar-refractivity contribution in [1.29, 1.82) is 0 Å². The maximum atomic E-state index is 5.61. The van der Waals surface area contributed by atoms with Gasteiger partial charge in [-0.3, -0.25) is 4.99 Å². The number of rotatable bonds is 4. The predicted molar refractivity (Wildman–Crippen MR) is 115 cm³/mol. The first-order valence-corrected chi connectivity index (χ1v) is 8.75. The molecule has 0 atom stereocenters. The first-order chi connectivity index (χ1) is 14.5. The molecule has 0 saturated carbocycles. The standard InChI is InChI=1S/C19H17N11/c20-16-25-14(26-17(21)29-16)11-3-1-10(2-4-11)9-24-13-7-5-12(6-8-13)15-27-18(22)30-19(23)28-15/h1-9H,(H4,20,21,25,26,29)(H4,22,23,27,28,30)/b24-9+. The van der Waals surface area contributed by atoms with Crippen LogP contribution in [-0.4, -0.2) is 36.1 Å². The number of anilines is 4. The molecule has 0 bridgehead atoms. The van der Waals surface area contributed by atoms with Gasteiger partial charge in [-0.05, 0) is 29.8 Å². The van der Waals surface area contributed by atoms with Gasteiger partial charge in [0.15, 0.2) is 11.6 Å². The van der Waals surface area contributed by atoms with Crippen molar-refractivity contribution in [2.24, 2.45) is 4.99 Å². The summed E-state index contributed by atoms with van der Waals surface area (Å²) >= 11 is 0. The zero-order valence-electron chi connectivity index (χ0n) is 15.6. The SMILES string of the molecule is Nc1nc(N)nc(-c2ccc(/C=N/c3ccc(-c4nc(N)nc(N)n4)cc3)cc2)n1. The molecule has 30 heavy (non-hydrogen) atoms. The fraction of sp³-hybridized carbons (Fsp3) is 0. The molecule has 4 aromatic rings. The van der Waals surface area contributed by atoms with Gasteiger partial charge >= 0.3 is 0 Å². The Hall–Kier alpha value is -4.67. The zero-order valence-corrected chi connectivity index (χ0v) is 15.6. The summed E-state index contributed by atoms with van der Waals surface area (Å²) < 4.78 is 0. The Morgan fingerprint density at radius 3 is 1.37 bits per heavy atom. The van der Waals surface area contributed by atoms with Gasteiger partial charge in [0, 0.05) is 17.3 Å². The van der Waals surface area contributed by atoms with E-state index in [1.54, 1.807) is 6.21 Å². The molecule has 2 aromatic carbocycles. The summed E-state index contributed by atoms with van der Waals surface area (Å²) in [7, 11) is 0. The van der Waals surface area contributed by atoms with Crippen molar-refractivity contribution in [3.05, 3.63) is 54.1 Å². The van der Waals surface area contributed by atoms with Crippen LogP contribution in [0.5, 0.6) is 0 Å². The van der Waals surface area contributed by atoms with E-state index in [1.165, 1.54) is 0 Å². The average Bonchev–Trinajstić information content (AvgIpc) is 2.71. The molecule has 0 aliphatic heterocycles. The summed E-state index contributed by atoms with van der Waals surface area (Å²) in [6, 6.07) is 14.8. The highest BCUT2D eigenvalue weighted by Crippen LogP contribution is 2.21. The van der Waals surface area contributed by atoms with Crippen molar-refractivity contribution in [2.75, 3.05) is 22.9 Å². The van der Waals surface area contributed by atoms with Gasteiger partial charge in [-0.2, -0.15) is 29.9 Å². The molecule has 0 saturated heterocycles. The van der Waals surface area contributed by atoms with Crippen LogP contribution in [0.3, 0.4) is 0 Å². The van der Waals surface area contributed by atoms with Crippen LogP contribution in [0, 0.1) is 0 Å². The largest absolute Gasteiger partial charge is 0.368 e. The minimum Gasteiger partial charge on any atom is -0.368 e. The number of nitrogen functional groups attached to an aromatic ring is 4. The van der Waals surface area contributed by atoms with Gasteiger partial charge < -0.3 is 22.9 Å².